The average Bonchev–Trinajstić information content (AvgIpc) is 2.55. The summed E-state index contributed by atoms with van der Waals surface area (Å²) in [7, 11) is -3.58. The molecule has 1 aliphatic heterocycles. The van der Waals surface area contributed by atoms with Crippen LogP contribution in [0.3, 0.4) is 0 Å². The average molecular weight is 353 g/mol. The second-order valence-corrected chi connectivity index (χ2v) is 8.23. The van der Waals surface area contributed by atoms with E-state index in [2.05, 4.69) is 5.32 Å². The van der Waals surface area contributed by atoms with Crippen molar-refractivity contribution in [2.75, 3.05) is 19.6 Å². The van der Waals surface area contributed by atoms with Crippen LogP contribution in [0.1, 0.15) is 48.5 Å². The van der Waals surface area contributed by atoms with E-state index in [4.69, 9.17) is 5.73 Å². The van der Waals surface area contributed by atoms with E-state index in [1.54, 1.807) is 23.4 Å². The molecule has 0 radical (unpaired) electrons. The number of benzene rings is 1. The van der Waals surface area contributed by atoms with Crippen LogP contribution in [0.2, 0.25) is 0 Å². The highest BCUT2D eigenvalue weighted by atomic mass is 32.2. The summed E-state index contributed by atoms with van der Waals surface area (Å²) in [6, 6.07) is 4.76. The SMILES string of the molecule is Cc1ccc(S(=O)(=O)N2CCCCC2C)cc1C(=O)NCCCN. The van der Waals surface area contributed by atoms with E-state index in [-0.39, 0.29) is 16.8 Å². The Morgan fingerprint density at radius 3 is 2.79 bits per heavy atom. The molecule has 1 heterocycles. The van der Waals surface area contributed by atoms with Crippen LogP contribution in [-0.2, 0) is 10.0 Å². The maximum atomic E-state index is 12.9. The lowest BCUT2D eigenvalue weighted by Gasteiger charge is -2.32. The Balaban J connectivity index is 2.27. The van der Waals surface area contributed by atoms with Gasteiger partial charge in [0.2, 0.25) is 10.0 Å². The number of carbonyl (C=O) groups excluding carboxylic acids is 1. The number of rotatable bonds is 6. The van der Waals surface area contributed by atoms with E-state index < -0.39 is 10.0 Å². The first-order valence-electron chi connectivity index (χ1n) is 8.48. The lowest BCUT2D eigenvalue weighted by Crippen LogP contribution is -2.42. The quantitative estimate of drug-likeness (QED) is 0.760. The summed E-state index contributed by atoms with van der Waals surface area (Å²) in [6.45, 7) is 5.26. The number of nitrogens with zero attached hydrogens (tertiary/aromatic N) is 1. The third-order valence-electron chi connectivity index (χ3n) is 4.47. The van der Waals surface area contributed by atoms with E-state index >= 15 is 0 Å². The molecule has 24 heavy (non-hydrogen) atoms. The summed E-state index contributed by atoms with van der Waals surface area (Å²) in [4.78, 5) is 12.5. The zero-order valence-electron chi connectivity index (χ0n) is 14.4. The summed E-state index contributed by atoms with van der Waals surface area (Å²) >= 11 is 0. The normalized spacial score (nSPS) is 19.2. The standard InChI is InChI=1S/C17H27N3O3S/c1-13-7-8-15(12-16(13)17(21)19-10-5-9-18)24(22,23)20-11-4-3-6-14(20)2/h7-8,12,14H,3-6,9-11,18H2,1-2H3,(H,19,21). The van der Waals surface area contributed by atoms with Crippen LogP contribution in [0.4, 0.5) is 0 Å². The van der Waals surface area contributed by atoms with Crippen LogP contribution in [0.5, 0.6) is 0 Å². The van der Waals surface area contributed by atoms with Crippen molar-refractivity contribution in [1.29, 1.82) is 0 Å². The van der Waals surface area contributed by atoms with Gasteiger partial charge in [0.25, 0.3) is 5.91 Å². The molecule has 0 aromatic heterocycles. The highest BCUT2D eigenvalue weighted by Gasteiger charge is 2.31. The Kier molecular flexibility index (Phi) is 6.37. The number of nitrogens with one attached hydrogen (secondary N) is 1. The minimum atomic E-state index is -3.58. The molecule has 0 spiro atoms. The Labute approximate surface area is 144 Å². The molecule has 1 saturated heterocycles. The molecule has 2 rings (SSSR count). The molecule has 6 nitrogen and oxygen atoms in total. The fourth-order valence-corrected chi connectivity index (χ4v) is 4.70. The lowest BCUT2D eigenvalue weighted by molar-refractivity contribution is 0.0952. The maximum Gasteiger partial charge on any atom is 0.251 e. The van der Waals surface area contributed by atoms with Crippen molar-refractivity contribution < 1.29 is 13.2 Å². The van der Waals surface area contributed by atoms with Crippen LogP contribution >= 0.6 is 0 Å². The lowest BCUT2D eigenvalue weighted by atomic mass is 10.1. The van der Waals surface area contributed by atoms with E-state index in [1.807, 2.05) is 6.92 Å². The van der Waals surface area contributed by atoms with Crippen molar-refractivity contribution in [2.45, 2.75) is 50.5 Å². The monoisotopic (exact) mass is 353 g/mol. The van der Waals surface area contributed by atoms with Crippen LogP contribution in [0.15, 0.2) is 23.1 Å². The Hall–Kier alpha value is -1.44. The molecule has 1 unspecified atom stereocenters. The summed E-state index contributed by atoms with van der Waals surface area (Å²) in [6.07, 6.45) is 3.49. The Bertz CT molecular complexity index is 688. The van der Waals surface area contributed by atoms with Crippen LogP contribution in [0.25, 0.3) is 0 Å². The second kappa shape index (κ2) is 8.09. The largest absolute Gasteiger partial charge is 0.352 e. The molecule has 1 atom stereocenters. The Morgan fingerprint density at radius 2 is 2.12 bits per heavy atom. The van der Waals surface area contributed by atoms with Crippen molar-refractivity contribution >= 4 is 15.9 Å². The smallest absolute Gasteiger partial charge is 0.251 e. The fraction of sp³-hybridized carbons (Fsp3) is 0.588. The van der Waals surface area contributed by atoms with Gasteiger partial charge in [0, 0.05) is 24.7 Å². The number of amides is 1. The van der Waals surface area contributed by atoms with Crippen LogP contribution in [-0.4, -0.2) is 44.3 Å². The van der Waals surface area contributed by atoms with E-state index in [0.29, 0.717) is 31.6 Å². The number of hydrogen-bond acceptors (Lipinski definition) is 4. The zero-order chi connectivity index (χ0) is 17.7. The molecule has 134 valence electrons. The summed E-state index contributed by atoms with van der Waals surface area (Å²) in [5, 5.41) is 2.78. The summed E-state index contributed by atoms with van der Waals surface area (Å²) < 4.78 is 27.4. The van der Waals surface area contributed by atoms with Gasteiger partial charge in [0.1, 0.15) is 0 Å². The minimum absolute atomic E-state index is 0.00752. The number of piperidine rings is 1. The molecule has 7 heteroatoms. The van der Waals surface area contributed by atoms with Crippen molar-refractivity contribution in [1.82, 2.24) is 9.62 Å². The molecular weight excluding hydrogens is 326 g/mol. The fourth-order valence-electron chi connectivity index (χ4n) is 2.97. The molecule has 0 bridgehead atoms. The van der Waals surface area contributed by atoms with Gasteiger partial charge in [-0.3, -0.25) is 4.79 Å². The van der Waals surface area contributed by atoms with Crippen molar-refractivity contribution in [3.63, 3.8) is 0 Å². The molecular formula is C17H27N3O3S. The predicted octanol–water partition coefficient (Wildman–Crippen LogP) is 1.64. The molecule has 1 amide bonds. The molecule has 1 fully saturated rings. The van der Waals surface area contributed by atoms with Gasteiger partial charge >= 0.3 is 0 Å². The van der Waals surface area contributed by atoms with Gasteiger partial charge in [0.05, 0.1) is 4.90 Å². The van der Waals surface area contributed by atoms with Crippen LogP contribution < -0.4 is 11.1 Å². The zero-order valence-corrected chi connectivity index (χ0v) is 15.2. The number of aryl methyl sites for hydroxylation is 1. The van der Waals surface area contributed by atoms with E-state index in [0.717, 1.165) is 24.8 Å². The predicted molar refractivity (Wildman–Crippen MR) is 94.4 cm³/mol. The highest BCUT2D eigenvalue weighted by molar-refractivity contribution is 7.89. The molecule has 1 aromatic carbocycles. The third-order valence-corrected chi connectivity index (χ3v) is 6.48. The molecule has 3 N–H and O–H groups in total. The number of sulfonamides is 1. The first-order valence-corrected chi connectivity index (χ1v) is 9.92. The van der Waals surface area contributed by atoms with Gasteiger partial charge in [-0.1, -0.05) is 12.5 Å². The number of hydrogen-bond donors (Lipinski definition) is 2. The molecule has 1 aromatic rings. The van der Waals surface area contributed by atoms with Crippen molar-refractivity contribution in [3.05, 3.63) is 29.3 Å². The minimum Gasteiger partial charge on any atom is -0.352 e. The van der Waals surface area contributed by atoms with Gasteiger partial charge in [-0.15, -0.1) is 0 Å². The summed E-state index contributed by atoms with van der Waals surface area (Å²) in [5.74, 6) is -0.260. The first-order chi connectivity index (χ1) is 11.4. The highest BCUT2D eigenvalue weighted by Crippen LogP contribution is 2.26. The number of nitrogens with two attached hydrogens (primary N) is 1. The van der Waals surface area contributed by atoms with Gasteiger partial charge < -0.3 is 11.1 Å². The second-order valence-electron chi connectivity index (χ2n) is 6.34. The van der Waals surface area contributed by atoms with Crippen LogP contribution in [0, 0.1) is 6.92 Å². The Morgan fingerprint density at radius 1 is 1.38 bits per heavy atom. The van der Waals surface area contributed by atoms with Gasteiger partial charge in [-0.2, -0.15) is 4.31 Å². The van der Waals surface area contributed by atoms with E-state index in [1.165, 1.54) is 6.07 Å². The molecule has 1 aliphatic rings. The van der Waals surface area contributed by atoms with Gasteiger partial charge in [-0.05, 0) is 57.4 Å². The third kappa shape index (κ3) is 4.15. The topological polar surface area (TPSA) is 92.5 Å². The molecule has 0 saturated carbocycles. The van der Waals surface area contributed by atoms with E-state index in [9.17, 15) is 13.2 Å². The number of carbonyl (C=O) groups is 1. The van der Waals surface area contributed by atoms with Crippen molar-refractivity contribution in [3.8, 4) is 0 Å². The van der Waals surface area contributed by atoms with Crippen molar-refractivity contribution in [2.24, 2.45) is 5.73 Å². The maximum absolute atomic E-state index is 12.9. The summed E-state index contributed by atoms with van der Waals surface area (Å²) in [5.41, 5.74) is 6.58. The molecule has 0 aliphatic carbocycles. The first kappa shape index (κ1) is 18.9. The van der Waals surface area contributed by atoms with Gasteiger partial charge in [-0.25, -0.2) is 8.42 Å². The van der Waals surface area contributed by atoms with Gasteiger partial charge in [0.15, 0.2) is 0 Å².